The van der Waals surface area contributed by atoms with Gasteiger partial charge in [0.15, 0.2) is 5.69 Å². The molecule has 0 unspecified atom stereocenters. The van der Waals surface area contributed by atoms with Crippen LogP contribution in [0.3, 0.4) is 0 Å². The summed E-state index contributed by atoms with van der Waals surface area (Å²) >= 11 is 6.50. The lowest BCUT2D eigenvalue weighted by atomic mass is 9.95. The summed E-state index contributed by atoms with van der Waals surface area (Å²) in [6.45, 7) is 2.79. The van der Waals surface area contributed by atoms with E-state index in [0.717, 1.165) is 59.4 Å². The van der Waals surface area contributed by atoms with Crippen molar-refractivity contribution in [1.29, 1.82) is 0 Å². The molecule has 0 radical (unpaired) electrons. The Morgan fingerprint density at radius 1 is 1.34 bits per heavy atom. The van der Waals surface area contributed by atoms with Crippen molar-refractivity contribution in [3.8, 4) is 5.69 Å². The largest absolute Gasteiger partial charge is 0.373 e. The molecule has 0 saturated heterocycles. The number of aryl methyl sites for hydroxylation is 2. The Labute approximate surface area is 173 Å². The van der Waals surface area contributed by atoms with E-state index in [-0.39, 0.29) is 11.9 Å². The molecule has 2 aromatic heterocycles. The maximum absolute atomic E-state index is 12.9. The number of hydrogen-bond donors (Lipinski definition) is 2. The summed E-state index contributed by atoms with van der Waals surface area (Å²) in [5.74, 6) is -0.174. The summed E-state index contributed by atoms with van der Waals surface area (Å²) in [7, 11) is 0. The number of rotatable bonds is 3. The van der Waals surface area contributed by atoms with Crippen LogP contribution in [0.1, 0.15) is 57.5 Å². The van der Waals surface area contributed by atoms with Crippen LogP contribution in [0.4, 0.5) is 0 Å². The van der Waals surface area contributed by atoms with Gasteiger partial charge in [0, 0.05) is 16.8 Å². The Morgan fingerprint density at radius 3 is 3.10 bits per heavy atom. The topological polar surface area (TPSA) is 84.8 Å². The third-order valence-corrected chi connectivity index (χ3v) is 6.27. The minimum absolute atomic E-state index is 0.174. The molecule has 1 aromatic carbocycles. The van der Waals surface area contributed by atoms with E-state index in [0.29, 0.717) is 23.9 Å². The Balaban J connectivity index is 1.43. The number of benzene rings is 1. The molecule has 150 valence electrons. The summed E-state index contributed by atoms with van der Waals surface area (Å²) in [6.07, 6.45) is 5.87. The lowest BCUT2D eigenvalue weighted by Crippen LogP contribution is -2.35. The molecule has 3 heterocycles. The van der Waals surface area contributed by atoms with Crippen LogP contribution < -0.4 is 5.32 Å². The van der Waals surface area contributed by atoms with E-state index in [4.69, 9.17) is 16.3 Å². The minimum atomic E-state index is -0.278. The van der Waals surface area contributed by atoms with Crippen LogP contribution in [-0.4, -0.2) is 32.5 Å². The van der Waals surface area contributed by atoms with Crippen molar-refractivity contribution in [2.75, 3.05) is 6.61 Å². The number of amides is 1. The molecule has 2 aliphatic rings. The number of hydrogen-bond acceptors (Lipinski definition) is 4. The first-order chi connectivity index (χ1) is 14.1. The fourth-order valence-electron chi connectivity index (χ4n) is 4.20. The predicted octanol–water partition coefficient (Wildman–Crippen LogP) is 3.44. The molecule has 0 saturated carbocycles. The Morgan fingerprint density at radius 2 is 2.21 bits per heavy atom. The highest BCUT2D eigenvalue weighted by molar-refractivity contribution is 6.33. The van der Waals surface area contributed by atoms with Gasteiger partial charge in [-0.05, 0) is 44.2 Å². The lowest BCUT2D eigenvalue weighted by molar-refractivity contribution is 0.0684. The fraction of sp³-hybridized carbons (Fsp3) is 0.381. The van der Waals surface area contributed by atoms with Gasteiger partial charge in [0.25, 0.3) is 5.91 Å². The van der Waals surface area contributed by atoms with Crippen LogP contribution in [0.15, 0.2) is 24.4 Å². The quantitative estimate of drug-likeness (QED) is 0.691. The molecule has 1 amide bonds. The SMILES string of the molecule is Cc1cccc(-n2ncc3c2COC[C@H]3NC(=O)c2n[nH]c3c2CCCC3)c1Cl. The van der Waals surface area contributed by atoms with Crippen molar-refractivity contribution in [2.24, 2.45) is 0 Å². The molecule has 0 spiro atoms. The summed E-state index contributed by atoms with van der Waals surface area (Å²) < 4.78 is 7.59. The van der Waals surface area contributed by atoms with Crippen LogP contribution in [-0.2, 0) is 24.2 Å². The van der Waals surface area contributed by atoms with E-state index in [1.807, 2.05) is 25.1 Å². The zero-order valence-electron chi connectivity index (χ0n) is 16.2. The monoisotopic (exact) mass is 411 g/mol. The van der Waals surface area contributed by atoms with Gasteiger partial charge in [-0.15, -0.1) is 0 Å². The zero-order valence-corrected chi connectivity index (χ0v) is 16.9. The predicted molar refractivity (Wildman–Crippen MR) is 108 cm³/mol. The molecule has 8 heteroatoms. The lowest BCUT2D eigenvalue weighted by Gasteiger charge is -2.24. The van der Waals surface area contributed by atoms with E-state index >= 15 is 0 Å². The van der Waals surface area contributed by atoms with Crippen LogP contribution in [0.5, 0.6) is 0 Å². The molecule has 7 nitrogen and oxygen atoms in total. The van der Waals surface area contributed by atoms with E-state index in [1.54, 1.807) is 10.9 Å². The number of fused-ring (bicyclic) bond motifs is 2. The number of nitrogens with one attached hydrogen (secondary N) is 2. The number of ether oxygens (including phenoxy) is 1. The maximum atomic E-state index is 12.9. The van der Waals surface area contributed by atoms with Gasteiger partial charge in [0.2, 0.25) is 0 Å². The van der Waals surface area contributed by atoms with Gasteiger partial charge >= 0.3 is 0 Å². The summed E-state index contributed by atoms with van der Waals surface area (Å²) in [5, 5.41) is 15.6. The van der Waals surface area contributed by atoms with Gasteiger partial charge in [0.05, 0.1) is 41.9 Å². The van der Waals surface area contributed by atoms with Gasteiger partial charge in [-0.2, -0.15) is 10.2 Å². The number of carbonyl (C=O) groups is 1. The van der Waals surface area contributed by atoms with Crippen LogP contribution in [0.25, 0.3) is 5.69 Å². The van der Waals surface area contributed by atoms with Crippen molar-refractivity contribution < 1.29 is 9.53 Å². The number of H-pyrrole nitrogens is 1. The second-order valence-corrected chi connectivity index (χ2v) is 8.02. The zero-order chi connectivity index (χ0) is 20.0. The van der Waals surface area contributed by atoms with E-state index < -0.39 is 0 Å². The second-order valence-electron chi connectivity index (χ2n) is 7.64. The standard InChI is InChI=1S/C21H22ClN5O2/c1-12-5-4-8-17(19(12)22)27-18-11-29-10-16(14(18)9-23-27)24-21(28)20-13-6-2-3-7-15(13)25-26-20/h4-5,8-9,16H,2-3,6-7,10-11H2,1H3,(H,24,28)(H,25,26)/t16-/m1/s1. The molecule has 0 fully saturated rings. The van der Waals surface area contributed by atoms with Crippen molar-refractivity contribution in [1.82, 2.24) is 25.3 Å². The highest BCUT2D eigenvalue weighted by atomic mass is 35.5. The van der Waals surface area contributed by atoms with Crippen LogP contribution in [0.2, 0.25) is 5.02 Å². The molecule has 29 heavy (non-hydrogen) atoms. The van der Waals surface area contributed by atoms with E-state index in [1.165, 1.54) is 0 Å². The highest BCUT2D eigenvalue weighted by Gasteiger charge is 2.29. The van der Waals surface area contributed by atoms with Gasteiger partial charge in [0.1, 0.15) is 0 Å². The average molecular weight is 412 g/mol. The average Bonchev–Trinajstić information content (AvgIpc) is 3.35. The van der Waals surface area contributed by atoms with Crippen molar-refractivity contribution in [2.45, 2.75) is 45.3 Å². The van der Waals surface area contributed by atoms with Gasteiger partial charge in [-0.3, -0.25) is 9.89 Å². The normalized spacial score (nSPS) is 18.2. The molecule has 1 aliphatic heterocycles. The third kappa shape index (κ3) is 3.14. The first-order valence-electron chi connectivity index (χ1n) is 9.90. The fourth-order valence-corrected chi connectivity index (χ4v) is 4.41. The first-order valence-corrected chi connectivity index (χ1v) is 10.3. The number of carbonyl (C=O) groups excluding carboxylic acids is 1. The number of halogens is 1. The Kier molecular flexibility index (Phi) is 4.64. The molecule has 3 aromatic rings. The smallest absolute Gasteiger partial charge is 0.272 e. The van der Waals surface area contributed by atoms with Crippen LogP contribution in [0, 0.1) is 6.92 Å². The summed E-state index contributed by atoms with van der Waals surface area (Å²) in [5.41, 5.74) is 6.28. The first kappa shape index (κ1) is 18.4. The molecule has 1 aliphatic carbocycles. The number of aromatic nitrogens is 4. The molecule has 2 N–H and O–H groups in total. The molecule has 0 bridgehead atoms. The van der Waals surface area contributed by atoms with E-state index in [2.05, 4.69) is 20.6 Å². The third-order valence-electron chi connectivity index (χ3n) is 5.78. The second kappa shape index (κ2) is 7.31. The summed E-state index contributed by atoms with van der Waals surface area (Å²) in [4.78, 5) is 12.9. The molecule has 1 atom stereocenters. The molecule has 5 rings (SSSR count). The van der Waals surface area contributed by atoms with E-state index in [9.17, 15) is 4.79 Å². The number of aromatic amines is 1. The minimum Gasteiger partial charge on any atom is -0.373 e. The highest BCUT2D eigenvalue weighted by Crippen LogP contribution is 2.31. The number of nitrogens with zero attached hydrogens (tertiary/aromatic N) is 3. The Hall–Kier alpha value is -2.64. The molecular formula is C21H22ClN5O2. The van der Waals surface area contributed by atoms with Crippen molar-refractivity contribution in [3.05, 3.63) is 63.2 Å². The van der Waals surface area contributed by atoms with Gasteiger partial charge in [-0.1, -0.05) is 23.7 Å². The van der Waals surface area contributed by atoms with Gasteiger partial charge in [-0.25, -0.2) is 4.68 Å². The van der Waals surface area contributed by atoms with Gasteiger partial charge < -0.3 is 10.1 Å². The molecular weight excluding hydrogens is 390 g/mol. The summed E-state index contributed by atoms with van der Waals surface area (Å²) in [6, 6.07) is 5.57. The van der Waals surface area contributed by atoms with Crippen molar-refractivity contribution in [3.63, 3.8) is 0 Å². The van der Waals surface area contributed by atoms with Crippen LogP contribution >= 0.6 is 11.6 Å². The Bertz CT molecular complexity index is 1090. The van der Waals surface area contributed by atoms with Crippen molar-refractivity contribution >= 4 is 17.5 Å². The maximum Gasteiger partial charge on any atom is 0.272 e.